The smallest absolute Gasteiger partial charge is 0.0907 e. The molecule has 0 radical (unpaired) electrons. The average molecular weight is 186 g/mol. The summed E-state index contributed by atoms with van der Waals surface area (Å²) < 4.78 is 1.19. The van der Waals surface area contributed by atoms with Crippen LogP contribution in [-0.4, -0.2) is 29.7 Å². The molecule has 1 atom stereocenters. The minimum absolute atomic E-state index is 0.367. The van der Waals surface area contributed by atoms with Gasteiger partial charge in [0.05, 0.1) is 25.2 Å². The molecule has 0 N–H and O–H groups in total. The fourth-order valence-corrected chi connectivity index (χ4v) is 2.37. The molecule has 0 aliphatic carbocycles. The maximum Gasteiger partial charge on any atom is 0.0907 e. The van der Waals surface area contributed by atoms with Crippen LogP contribution in [0.3, 0.4) is 0 Å². The Morgan fingerprint density at radius 1 is 1.00 bits per heavy atom. The van der Waals surface area contributed by atoms with Gasteiger partial charge in [0.1, 0.15) is 0 Å². The summed E-state index contributed by atoms with van der Waals surface area (Å²) in [5.74, 6) is 0. The van der Waals surface area contributed by atoms with Crippen molar-refractivity contribution in [3.8, 4) is 0 Å². The van der Waals surface area contributed by atoms with E-state index >= 15 is 0 Å². The lowest BCUT2D eigenvalue weighted by atomic mass is 9.95. The summed E-state index contributed by atoms with van der Waals surface area (Å²) in [7, 11) is 2.40. The van der Waals surface area contributed by atoms with Crippen molar-refractivity contribution in [1.82, 2.24) is 0 Å². The molecule has 0 heterocycles. The predicted molar refractivity (Wildman–Crippen MR) is 60.8 cm³/mol. The predicted octanol–water partition coefficient (Wildman–Crippen LogP) is 3.44. The third-order valence-electron chi connectivity index (χ3n) is 3.94. The standard InChI is InChI=1S/C12H28N/c1-8-11(9-2)13(7,10-3)12(4,5)6/h11H,8-10H2,1-7H3/q+1. The second kappa shape index (κ2) is 4.45. The molecule has 0 saturated heterocycles. The molecule has 0 spiro atoms. The molecule has 13 heavy (non-hydrogen) atoms. The van der Waals surface area contributed by atoms with Crippen molar-refractivity contribution in [3.63, 3.8) is 0 Å². The minimum Gasteiger partial charge on any atom is -0.320 e. The van der Waals surface area contributed by atoms with E-state index in [0.717, 1.165) is 6.04 Å². The first-order valence-electron chi connectivity index (χ1n) is 5.68. The van der Waals surface area contributed by atoms with Crippen LogP contribution in [0.1, 0.15) is 54.4 Å². The zero-order chi connectivity index (χ0) is 10.7. The van der Waals surface area contributed by atoms with Gasteiger partial charge in [0.25, 0.3) is 0 Å². The van der Waals surface area contributed by atoms with Gasteiger partial charge in [0.15, 0.2) is 0 Å². The molecular weight excluding hydrogens is 158 g/mol. The van der Waals surface area contributed by atoms with E-state index in [2.05, 4.69) is 48.6 Å². The van der Waals surface area contributed by atoms with Gasteiger partial charge in [0.2, 0.25) is 0 Å². The van der Waals surface area contributed by atoms with Gasteiger partial charge < -0.3 is 4.48 Å². The van der Waals surface area contributed by atoms with Crippen molar-refractivity contribution in [1.29, 1.82) is 0 Å². The zero-order valence-corrected chi connectivity index (χ0v) is 10.6. The summed E-state index contributed by atoms with van der Waals surface area (Å²) in [5, 5.41) is 0. The van der Waals surface area contributed by atoms with Crippen LogP contribution in [0.25, 0.3) is 0 Å². The molecule has 0 aliphatic heterocycles. The van der Waals surface area contributed by atoms with Crippen LogP contribution < -0.4 is 0 Å². The lowest BCUT2D eigenvalue weighted by molar-refractivity contribution is -0.974. The summed E-state index contributed by atoms with van der Waals surface area (Å²) in [6.07, 6.45) is 2.58. The molecule has 0 bridgehead atoms. The van der Waals surface area contributed by atoms with Crippen LogP contribution in [0.5, 0.6) is 0 Å². The Kier molecular flexibility index (Phi) is 4.44. The monoisotopic (exact) mass is 186 g/mol. The minimum atomic E-state index is 0.367. The highest BCUT2D eigenvalue weighted by atomic mass is 15.4. The maximum atomic E-state index is 2.40. The number of quaternary nitrogens is 1. The molecule has 1 heteroatoms. The van der Waals surface area contributed by atoms with Crippen LogP contribution >= 0.6 is 0 Å². The SMILES string of the molecule is CCC(CC)[N+](C)(CC)C(C)(C)C. The van der Waals surface area contributed by atoms with E-state index in [-0.39, 0.29) is 0 Å². The zero-order valence-electron chi connectivity index (χ0n) is 10.6. The molecule has 0 aliphatic rings. The molecule has 0 amide bonds. The van der Waals surface area contributed by atoms with Crippen LogP contribution in [-0.2, 0) is 0 Å². The van der Waals surface area contributed by atoms with Crippen molar-refractivity contribution >= 4 is 0 Å². The van der Waals surface area contributed by atoms with Crippen molar-refractivity contribution in [3.05, 3.63) is 0 Å². The maximum absolute atomic E-state index is 2.40. The van der Waals surface area contributed by atoms with Gasteiger partial charge in [-0.3, -0.25) is 0 Å². The van der Waals surface area contributed by atoms with E-state index < -0.39 is 0 Å². The third kappa shape index (κ3) is 2.46. The Hall–Kier alpha value is -0.0400. The van der Waals surface area contributed by atoms with Gasteiger partial charge >= 0.3 is 0 Å². The first-order valence-corrected chi connectivity index (χ1v) is 5.68. The molecule has 0 aromatic carbocycles. The molecule has 0 aromatic rings. The molecule has 80 valence electrons. The molecule has 1 unspecified atom stereocenters. The second-order valence-electron chi connectivity index (χ2n) is 5.23. The fourth-order valence-electron chi connectivity index (χ4n) is 2.37. The van der Waals surface area contributed by atoms with Gasteiger partial charge in [-0.25, -0.2) is 0 Å². The Morgan fingerprint density at radius 3 is 1.46 bits per heavy atom. The summed E-state index contributed by atoms with van der Waals surface area (Å²) >= 11 is 0. The summed E-state index contributed by atoms with van der Waals surface area (Å²) in [4.78, 5) is 0. The van der Waals surface area contributed by atoms with Gasteiger partial charge in [-0.1, -0.05) is 13.8 Å². The second-order valence-corrected chi connectivity index (χ2v) is 5.23. The molecule has 0 saturated carbocycles. The summed E-state index contributed by atoms with van der Waals surface area (Å²) in [5.41, 5.74) is 0.367. The van der Waals surface area contributed by atoms with E-state index in [1.54, 1.807) is 0 Å². The van der Waals surface area contributed by atoms with Crippen LogP contribution in [0.15, 0.2) is 0 Å². The molecular formula is C12H28N+. The quantitative estimate of drug-likeness (QED) is 0.590. The normalized spacial score (nSPS) is 17.5. The highest BCUT2D eigenvalue weighted by molar-refractivity contribution is 4.67. The van der Waals surface area contributed by atoms with Crippen LogP contribution in [0, 0.1) is 0 Å². The van der Waals surface area contributed by atoms with Crippen molar-refractivity contribution in [2.75, 3.05) is 13.6 Å². The summed E-state index contributed by atoms with van der Waals surface area (Å²) in [6.45, 7) is 15.2. The molecule has 0 rings (SSSR count). The lowest BCUT2D eigenvalue weighted by Crippen LogP contribution is -2.62. The lowest BCUT2D eigenvalue weighted by Gasteiger charge is -2.50. The number of rotatable bonds is 4. The fraction of sp³-hybridized carbons (Fsp3) is 1.00. The Balaban J connectivity index is 4.80. The first kappa shape index (κ1) is 13.0. The molecule has 0 fully saturated rings. The van der Waals surface area contributed by atoms with E-state index in [1.165, 1.54) is 23.9 Å². The van der Waals surface area contributed by atoms with E-state index in [0.29, 0.717) is 5.54 Å². The highest BCUT2D eigenvalue weighted by Crippen LogP contribution is 2.28. The van der Waals surface area contributed by atoms with E-state index in [4.69, 9.17) is 0 Å². The Bertz CT molecular complexity index is 142. The highest BCUT2D eigenvalue weighted by Gasteiger charge is 2.39. The number of hydrogen-bond acceptors (Lipinski definition) is 0. The van der Waals surface area contributed by atoms with Crippen molar-refractivity contribution in [2.45, 2.75) is 66.0 Å². The van der Waals surface area contributed by atoms with Gasteiger partial charge in [-0.2, -0.15) is 0 Å². The topological polar surface area (TPSA) is 0 Å². The summed E-state index contributed by atoms with van der Waals surface area (Å²) in [6, 6.07) is 0.810. The van der Waals surface area contributed by atoms with Crippen molar-refractivity contribution < 1.29 is 4.48 Å². The van der Waals surface area contributed by atoms with E-state index in [9.17, 15) is 0 Å². The number of nitrogens with zero attached hydrogens (tertiary/aromatic N) is 1. The van der Waals surface area contributed by atoms with Crippen LogP contribution in [0.2, 0.25) is 0 Å². The first-order chi connectivity index (χ1) is 5.83. The average Bonchev–Trinajstić information content (AvgIpc) is 2.04. The van der Waals surface area contributed by atoms with E-state index in [1.807, 2.05) is 0 Å². The molecule has 1 nitrogen and oxygen atoms in total. The largest absolute Gasteiger partial charge is 0.320 e. The van der Waals surface area contributed by atoms with Gasteiger partial charge in [-0.05, 0) is 40.5 Å². The van der Waals surface area contributed by atoms with Gasteiger partial charge in [-0.15, -0.1) is 0 Å². The number of hydrogen-bond donors (Lipinski definition) is 0. The molecule has 0 aromatic heterocycles. The Labute approximate surface area is 84.7 Å². The van der Waals surface area contributed by atoms with Crippen LogP contribution in [0.4, 0.5) is 0 Å². The third-order valence-corrected chi connectivity index (χ3v) is 3.94. The Morgan fingerprint density at radius 2 is 1.38 bits per heavy atom. The van der Waals surface area contributed by atoms with Crippen molar-refractivity contribution in [2.24, 2.45) is 0 Å². The van der Waals surface area contributed by atoms with Gasteiger partial charge in [0, 0.05) is 0 Å².